The number of nitrogens with zero attached hydrogens (tertiary/aromatic N) is 2. The molecule has 1 aromatic heterocycles. The van der Waals surface area contributed by atoms with Gasteiger partial charge in [0.05, 0.1) is 0 Å². The molecule has 2 amide bonds. The molecule has 0 saturated carbocycles. The highest BCUT2D eigenvalue weighted by atomic mass is 19.1. The lowest BCUT2D eigenvalue weighted by molar-refractivity contribution is -0.132. The Morgan fingerprint density at radius 2 is 1.79 bits per heavy atom. The summed E-state index contributed by atoms with van der Waals surface area (Å²) in [6, 6.07) is 19.0. The van der Waals surface area contributed by atoms with E-state index in [9.17, 15) is 14.0 Å². The Balaban J connectivity index is 1.22. The maximum atomic E-state index is 13.0. The Kier molecular flexibility index (Phi) is 6.58. The molecule has 4 rings (SSSR count). The second-order valence-electron chi connectivity index (χ2n) is 7.33. The minimum atomic E-state index is -0.819. The summed E-state index contributed by atoms with van der Waals surface area (Å²) in [5.41, 5.74) is 5.29. The standard InChI is InChI=1S/C24H21FN4O4/c1-15(32-20-11-8-16-4-2-3-5-18(16)14-20)24(31)28-27-21(30)12-13-22-26-23(29-33-22)17-6-9-19(25)10-7-17/h2-11,14-15H,12-13H2,1H3,(H,27,30)(H,28,31). The van der Waals surface area contributed by atoms with Crippen LogP contribution in [0.2, 0.25) is 0 Å². The fourth-order valence-corrected chi connectivity index (χ4v) is 3.09. The smallest absolute Gasteiger partial charge is 0.279 e. The predicted octanol–water partition coefficient (Wildman–Crippen LogP) is 3.58. The maximum absolute atomic E-state index is 13.0. The number of carbonyl (C=O) groups excluding carboxylic acids is 2. The van der Waals surface area contributed by atoms with Gasteiger partial charge in [0.1, 0.15) is 11.6 Å². The number of aryl methyl sites for hydroxylation is 1. The lowest BCUT2D eigenvalue weighted by Gasteiger charge is -2.15. The van der Waals surface area contributed by atoms with Gasteiger partial charge in [-0.25, -0.2) is 4.39 Å². The number of halogens is 1. The first kappa shape index (κ1) is 21.9. The van der Waals surface area contributed by atoms with E-state index >= 15 is 0 Å². The third kappa shape index (κ3) is 5.70. The van der Waals surface area contributed by atoms with E-state index in [4.69, 9.17) is 9.26 Å². The monoisotopic (exact) mass is 448 g/mol. The molecule has 1 atom stereocenters. The number of carbonyl (C=O) groups is 2. The van der Waals surface area contributed by atoms with Crippen molar-refractivity contribution in [3.05, 3.63) is 78.4 Å². The summed E-state index contributed by atoms with van der Waals surface area (Å²) in [7, 11) is 0. The lowest BCUT2D eigenvalue weighted by Crippen LogP contribution is -2.47. The first-order chi connectivity index (χ1) is 16.0. The molecule has 3 aromatic carbocycles. The van der Waals surface area contributed by atoms with Crippen LogP contribution in [0.5, 0.6) is 5.75 Å². The lowest BCUT2D eigenvalue weighted by atomic mass is 10.1. The number of amides is 2. The second kappa shape index (κ2) is 9.90. The van der Waals surface area contributed by atoms with Crippen molar-refractivity contribution in [2.75, 3.05) is 0 Å². The van der Waals surface area contributed by atoms with Crippen LogP contribution in [-0.2, 0) is 16.0 Å². The number of benzene rings is 3. The fraction of sp³-hybridized carbons (Fsp3) is 0.167. The zero-order chi connectivity index (χ0) is 23.2. The number of hydrogen-bond donors (Lipinski definition) is 2. The number of ether oxygens (including phenoxy) is 1. The Labute approximate surface area is 188 Å². The molecule has 168 valence electrons. The third-order valence-corrected chi connectivity index (χ3v) is 4.86. The van der Waals surface area contributed by atoms with Gasteiger partial charge in [-0.1, -0.05) is 35.5 Å². The molecule has 0 aliphatic heterocycles. The van der Waals surface area contributed by atoms with Gasteiger partial charge in [-0.05, 0) is 54.1 Å². The largest absolute Gasteiger partial charge is 0.481 e. The van der Waals surface area contributed by atoms with Crippen LogP contribution < -0.4 is 15.6 Å². The van der Waals surface area contributed by atoms with Crippen molar-refractivity contribution < 1.29 is 23.2 Å². The van der Waals surface area contributed by atoms with Crippen molar-refractivity contribution in [2.45, 2.75) is 25.9 Å². The zero-order valence-electron chi connectivity index (χ0n) is 17.7. The molecule has 0 fully saturated rings. The summed E-state index contributed by atoms with van der Waals surface area (Å²) >= 11 is 0. The molecule has 33 heavy (non-hydrogen) atoms. The quantitative estimate of drug-likeness (QED) is 0.419. The molecule has 8 nitrogen and oxygen atoms in total. The summed E-state index contributed by atoms with van der Waals surface area (Å²) in [4.78, 5) is 28.5. The van der Waals surface area contributed by atoms with Crippen LogP contribution >= 0.6 is 0 Å². The average molecular weight is 448 g/mol. The van der Waals surface area contributed by atoms with Crippen molar-refractivity contribution >= 4 is 22.6 Å². The molecule has 2 N–H and O–H groups in total. The van der Waals surface area contributed by atoms with Crippen molar-refractivity contribution in [1.82, 2.24) is 21.0 Å². The highest BCUT2D eigenvalue weighted by Gasteiger charge is 2.16. The highest BCUT2D eigenvalue weighted by Crippen LogP contribution is 2.21. The van der Waals surface area contributed by atoms with Crippen LogP contribution in [0.4, 0.5) is 4.39 Å². The molecule has 0 spiro atoms. The van der Waals surface area contributed by atoms with Gasteiger partial charge in [-0.15, -0.1) is 0 Å². The predicted molar refractivity (Wildman–Crippen MR) is 118 cm³/mol. The maximum Gasteiger partial charge on any atom is 0.279 e. The van der Waals surface area contributed by atoms with Gasteiger partial charge in [0, 0.05) is 18.4 Å². The van der Waals surface area contributed by atoms with Crippen LogP contribution in [-0.4, -0.2) is 28.1 Å². The van der Waals surface area contributed by atoms with Gasteiger partial charge in [-0.3, -0.25) is 20.4 Å². The van der Waals surface area contributed by atoms with Crippen LogP contribution in [0, 0.1) is 5.82 Å². The summed E-state index contributed by atoms with van der Waals surface area (Å²) in [6.45, 7) is 1.59. The van der Waals surface area contributed by atoms with Gasteiger partial charge in [0.15, 0.2) is 6.10 Å². The third-order valence-electron chi connectivity index (χ3n) is 4.86. The van der Waals surface area contributed by atoms with E-state index < -0.39 is 17.9 Å². The molecular weight excluding hydrogens is 427 g/mol. The number of aromatic nitrogens is 2. The zero-order valence-corrected chi connectivity index (χ0v) is 17.7. The van der Waals surface area contributed by atoms with Crippen molar-refractivity contribution in [3.8, 4) is 17.1 Å². The first-order valence-electron chi connectivity index (χ1n) is 10.3. The molecule has 0 bridgehead atoms. The Morgan fingerprint density at radius 3 is 2.58 bits per heavy atom. The summed E-state index contributed by atoms with van der Waals surface area (Å²) in [5.74, 6) is -0.174. The fourth-order valence-electron chi connectivity index (χ4n) is 3.09. The Morgan fingerprint density at radius 1 is 1.03 bits per heavy atom. The normalized spacial score (nSPS) is 11.7. The van der Waals surface area contributed by atoms with E-state index in [1.54, 1.807) is 13.0 Å². The van der Waals surface area contributed by atoms with E-state index in [1.165, 1.54) is 24.3 Å². The molecule has 0 radical (unpaired) electrons. The number of hydrogen-bond acceptors (Lipinski definition) is 6. The van der Waals surface area contributed by atoms with Gasteiger partial charge in [0.2, 0.25) is 17.6 Å². The van der Waals surface area contributed by atoms with E-state index in [1.807, 2.05) is 36.4 Å². The highest BCUT2D eigenvalue weighted by molar-refractivity contribution is 5.85. The van der Waals surface area contributed by atoms with Crippen LogP contribution in [0.25, 0.3) is 22.2 Å². The average Bonchev–Trinajstić information content (AvgIpc) is 3.30. The van der Waals surface area contributed by atoms with Crippen LogP contribution in [0.15, 0.2) is 71.3 Å². The van der Waals surface area contributed by atoms with E-state index in [-0.39, 0.29) is 24.5 Å². The number of fused-ring (bicyclic) bond motifs is 1. The minimum Gasteiger partial charge on any atom is -0.481 e. The van der Waals surface area contributed by atoms with E-state index in [0.717, 1.165) is 10.8 Å². The van der Waals surface area contributed by atoms with E-state index in [0.29, 0.717) is 17.1 Å². The summed E-state index contributed by atoms with van der Waals surface area (Å²) in [6.07, 6.45) is -0.620. The van der Waals surface area contributed by atoms with E-state index in [2.05, 4.69) is 21.0 Å². The number of hydrazine groups is 1. The van der Waals surface area contributed by atoms with Gasteiger partial charge in [0.25, 0.3) is 5.91 Å². The van der Waals surface area contributed by atoms with Gasteiger partial charge >= 0.3 is 0 Å². The first-order valence-corrected chi connectivity index (χ1v) is 10.3. The molecule has 0 aliphatic rings. The summed E-state index contributed by atoms with van der Waals surface area (Å²) in [5, 5.41) is 5.89. The van der Waals surface area contributed by atoms with Crippen molar-refractivity contribution in [3.63, 3.8) is 0 Å². The topological polar surface area (TPSA) is 106 Å². The number of nitrogens with one attached hydrogen (secondary N) is 2. The molecular formula is C24H21FN4O4. The Hall–Kier alpha value is -4.27. The Bertz CT molecular complexity index is 1270. The molecule has 1 heterocycles. The summed E-state index contributed by atoms with van der Waals surface area (Å²) < 4.78 is 23.8. The van der Waals surface area contributed by atoms with Crippen LogP contribution in [0.3, 0.4) is 0 Å². The van der Waals surface area contributed by atoms with Crippen LogP contribution in [0.1, 0.15) is 19.2 Å². The molecule has 0 saturated heterocycles. The molecule has 9 heteroatoms. The number of rotatable bonds is 7. The van der Waals surface area contributed by atoms with Gasteiger partial charge < -0.3 is 9.26 Å². The molecule has 4 aromatic rings. The molecule has 0 aliphatic carbocycles. The van der Waals surface area contributed by atoms with Crippen molar-refractivity contribution in [1.29, 1.82) is 0 Å². The second-order valence-corrected chi connectivity index (χ2v) is 7.33. The van der Waals surface area contributed by atoms with Crippen molar-refractivity contribution in [2.24, 2.45) is 0 Å². The minimum absolute atomic E-state index is 0.0191. The van der Waals surface area contributed by atoms with Gasteiger partial charge in [-0.2, -0.15) is 4.98 Å². The molecule has 1 unspecified atom stereocenters. The SMILES string of the molecule is CC(Oc1ccc2ccccc2c1)C(=O)NNC(=O)CCc1nc(-c2ccc(F)cc2)no1.